The van der Waals surface area contributed by atoms with E-state index in [2.05, 4.69) is 4.98 Å². The number of thiophene rings is 1. The number of thiazole rings is 1. The third-order valence-corrected chi connectivity index (χ3v) is 32.3. The Labute approximate surface area is 880 Å². The van der Waals surface area contributed by atoms with E-state index >= 15 is 0 Å². The Morgan fingerprint density at radius 2 is 0.600 bits per heavy atom. The van der Waals surface area contributed by atoms with E-state index in [-0.39, 0.29) is 119 Å². The topological polar surface area (TPSA) is 443 Å². The zero-order chi connectivity index (χ0) is 106. The summed E-state index contributed by atoms with van der Waals surface area (Å²) >= 11 is 2.84. The van der Waals surface area contributed by atoms with Gasteiger partial charge in [-0.05, 0) is 241 Å². The third kappa shape index (κ3) is 22.8. The maximum Gasteiger partial charge on any atom is 0.283 e. The number of aryl methyl sites for hydroxylation is 4. The average molecular weight is 2050 g/mol. The second-order valence-electron chi connectivity index (χ2n) is 39.9. The molecule has 0 radical (unpaired) electrons. The standard InChI is InChI=1S/2C31H32N4O3.C29H30N4O3S.C28H29N5O3S/c1-19-4-3-5-27-26(19)13-15-35(29(27)28(37)16-21-6-8-22(9-7-21)20(2)36)30(38)24-10-11-25-18-34(31(32)33)14-12-23(25)17-24;1-19-4-3-5-27-26(19)13-15-35(29(27)28(37)16-21-6-8-22(9-7-21)20(2)36)30(38)24-11-10-23-12-14-34(31(32)33)18-25(23)17-24;1-17-4-3-5-23-21(17)11-13-33(27(23)25(35)14-19-6-8-20(9-7-19)18(2)34)28(36)24-16-37-26-15-32(29(30)31)12-10-22(24)26;1-16-4-3-5-21-20(16)10-13-33(25(21)23(35)14-18-6-8-19(9-7-18)17(2)34)27(36)26-31-22-11-12-32(28(29)30)15-24(22)37-26/h2*3-11,17,29H,12-16,18H2,1-2H3,(H3,32,33);3-9,16,27H,10-15H2,1-2H3,(H3,30,31);3-9,25H,10-15H2,1-2H3,(H3,29,30). The lowest BCUT2D eigenvalue weighted by molar-refractivity contribution is -0.124. The summed E-state index contributed by atoms with van der Waals surface area (Å²) in [6.45, 7) is 20.6. The highest BCUT2D eigenvalue weighted by Gasteiger charge is 2.44. The van der Waals surface area contributed by atoms with Crippen molar-refractivity contribution in [3.05, 3.63) is 388 Å². The van der Waals surface area contributed by atoms with Crippen LogP contribution >= 0.6 is 22.7 Å². The number of aromatic nitrogens is 1. The highest BCUT2D eigenvalue weighted by atomic mass is 32.1. The molecule has 0 spiro atoms. The number of hydrogen-bond donors (Lipinski definition) is 8. The van der Waals surface area contributed by atoms with Crippen LogP contribution in [-0.4, -0.2) is 190 Å². The van der Waals surface area contributed by atoms with Crippen molar-refractivity contribution in [3.8, 4) is 0 Å². The molecule has 10 aromatic carbocycles. The van der Waals surface area contributed by atoms with Crippen LogP contribution in [0.3, 0.4) is 0 Å². The first kappa shape index (κ1) is 105. The summed E-state index contributed by atoms with van der Waals surface area (Å²) in [6.07, 6.45) is 6.17. The van der Waals surface area contributed by atoms with Crippen molar-refractivity contribution < 1.29 is 57.5 Å². The zero-order valence-electron chi connectivity index (χ0n) is 85.5. The van der Waals surface area contributed by atoms with E-state index in [0.717, 1.165) is 139 Å². The van der Waals surface area contributed by atoms with E-state index in [0.29, 0.717) is 167 Å². The van der Waals surface area contributed by atoms with Gasteiger partial charge in [0.25, 0.3) is 23.6 Å². The number of carbonyl (C=O) groups excluding carboxylic acids is 12. The van der Waals surface area contributed by atoms with E-state index in [1.54, 1.807) is 95.0 Å². The molecule has 12 aromatic rings. The molecule has 0 aliphatic carbocycles. The Balaban J connectivity index is 0.000000136. The smallest absolute Gasteiger partial charge is 0.283 e. The Bertz CT molecular complexity index is 7440. The second kappa shape index (κ2) is 45.3. The number of guanidine groups is 4. The first-order chi connectivity index (χ1) is 71.9. The van der Waals surface area contributed by atoms with Gasteiger partial charge < -0.3 is 62.1 Å². The summed E-state index contributed by atoms with van der Waals surface area (Å²) in [5, 5.41) is 33.2. The van der Waals surface area contributed by atoms with Crippen LogP contribution in [0.25, 0.3) is 0 Å². The van der Waals surface area contributed by atoms with Crippen LogP contribution < -0.4 is 22.9 Å². The number of ketones is 8. The molecule has 0 fully saturated rings. The molecule has 4 amide bonds. The summed E-state index contributed by atoms with van der Waals surface area (Å²) in [6, 6.07) is 60.9. The van der Waals surface area contributed by atoms with Gasteiger partial charge >= 0.3 is 0 Å². The number of Topliss-reactive ketones (excluding diaryl/α,β-unsaturated/α-hetero) is 8. The van der Waals surface area contributed by atoms with E-state index in [1.807, 2.05) is 184 Å². The number of amides is 4. The summed E-state index contributed by atoms with van der Waals surface area (Å²) in [4.78, 5) is 178. The summed E-state index contributed by atoms with van der Waals surface area (Å²) < 4.78 is 0. The van der Waals surface area contributed by atoms with Crippen LogP contribution in [-0.2, 0) is 122 Å². The van der Waals surface area contributed by atoms with E-state index in [9.17, 15) is 57.5 Å². The van der Waals surface area contributed by atoms with Crippen molar-refractivity contribution >= 4 is 116 Å². The van der Waals surface area contributed by atoms with Crippen molar-refractivity contribution in [1.29, 1.82) is 21.6 Å². The molecular weight excluding hydrogens is 1920 g/mol. The number of nitrogens with zero attached hydrogens (tertiary/aromatic N) is 9. The number of nitrogens with two attached hydrogens (primary N) is 4. The average Bonchev–Trinajstić information content (AvgIpc) is 1.70. The summed E-state index contributed by atoms with van der Waals surface area (Å²) in [5.41, 5.74) is 48.9. The molecule has 4 unspecified atom stereocenters. The molecule has 0 bridgehead atoms. The van der Waals surface area contributed by atoms with Crippen LogP contribution in [0.2, 0.25) is 0 Å². The fourth-order valence-corrected chi connectivity index (χ4v) is 24.1. The predicted molar refractivity (Wildman–Crippen MR) is 579 cm³/mol. The first-order valence-electron chi connectivity index (χ1n) is 50.7. The highest BCUT2D eigenvalue weighted by molar-refractivity contribution is 7.13. The minimum atomic E-state index is -0.710. The molecule has 10 heterocycles. The molecule has 20 rings (SSSR count). The minimum absolute atomic E-state index is 0.0110. The molecule has 4 atom stereocenters. The molecule has 12 N–H and O–H groups in total. The van der Waals surface area contributed by atoms with Crippen molar-refractivity contribution in [3.63, 3.8) is 0 Å². The molecule has 150 heavy (non-hydrogen) atoms. The van der Waals surface area contributed by atoms with E-state index in [4.69, 9.17) is 44.6 Å². The van der Waals surface area contributed by atoms with Gasteiger partial charge in [-0.25, -0.2) is 4.98 Å². The number of rotatable bonds is 20. The Morgan fingerprint density at radius 1 is 0.307 bits per heavy atom. The zero-order valence-corrected chi connectivity index (χ0v) is 87.2. The van der Waals surface area contributed by atoms with Gasteiger partial charge in [-0.3, -0.25) is 79.2 Å². The molecule has 29 nitrogen and oxygen atoms in total. The van der Waals surface area contributed by atoms with Gasteiger partial charge in [-0.15, -0.1) is 22.7 Å². The molecule has 31 heteroatoms. The van der Waals surface area contributed by atoms with Gasteiger partial charge in [-0.1, -0.05) is 182 Å². The number of benzene rings is 10. The fraction of sp³-hybridized carbons (Fsp3) is 0.303. The molecular formula is C119H123N17O12S2. The first-order valence-corrected chi connectivity index (χ1v) is 52.4. The monoisotopic (exact) mass is 2050 g/mol. The van der Waals surface area contributed by atoms with Crippen LogP contribution in [0.15, 0.2) is 212 Å². The minimum Gasteiger partial charge on any atom is -0.370 e. The summed E-state index contributed by atoms with van der Waals surface area (Å²) in [7, 11) is 0. The molecule has 2 aromatic heterocycles. The maximum atomic E-state index is 14.0. The van der Waals surface area contributed by atoms with Crippen molar-refractivity contribution in [2.75, 3.05) is 52.4 Å². The largest absolute Gasteiger partial charge is 0.370 e. The number of carbonyl (C=O) groups is 12. The SMILES string of the molecule is CC(=O)c1ccc(CC(=O)C2c3cccc(C)c3CCN2C(=O)c2ccc3c(c2)CCN(C(=N)N)C3)cc1.CC(=O)c1ccc(CC(=O)C2c3cccc(C)c3CCN2C(=O)c2ccc3c(c2)CN(C(=N)N)CC3)cc1.CC(=O)c1ccc(CC(=O)C2c3cccc(C)c3CCN2C(=O)c2csc3c2CCN(C(=N)N)C3)cc1.CC(=O)c1ccc(CC(=O)C2c3cccc(C)c3CCN2C(=O)c2nc3c(s2)CN(C(=N)N)CC3)cc1. The number of hydrogen-bond acceptors (Lipinski definition) is 19. The second-order valence-corrected chi connectivity index (χ2v) is 41.9. The van der Waals surface area contributed by atoms with Crippen molar-refractivity contribution in [1.82, 2.24) is 44.2 Å². The lowest BCUT2D eigenvalue weighted by atomic mass is 9.85. The highest BCUT2D eigenvalue weighted by Crippen LogP contribution is 2.43. The van der Waals surface area contributed by atoms with Gasteiger partial charge in [0.1, 0.15) is 24.2 Å². The molecule has 8 aliphatic rings. The normalized spacial score (nSPS) is 16.5. The Morgan fingerprint density at radius 3 is 0.960 bits per heavy atom. The molecule has 0 saturated heterocycles. The molecule has 0 saturated carbocycles. The lowest BCUT2D eigenvalue weighted by Gasteiger charge is -2.37. The van der Waals surface area contributed by atoms with E-state index < -0.39 is 24.2 Å². The van der Waals surface area contributed by atoms with Gasteiger partial charge in [0.05, 0.1) is 24.3 Å². The Hall–Kier alpha value is -16.2. The quantitative estimate of drug-likeness (QED) is 0.0200. The summed E-state index contributed by atoms with van der Waals surface area (Å²) in [5.74, 6) is -0.856. The van der Waals surface area contributed by atoms with Crippen LogP contribution in [0.5, 0.6) is 0 Å². The van der Waals surface area contributed by atoms with Crippen LogP contribution in [0.1, 0.15) is 266 Å². The third-order valence-electron chi connectivity index (χ3n) is 30.2. The van der Waals surface area contributed by atoms with E-state index in [1.165, 1.54) is 50.4 Å². The maximum absolute atomic E-state index is 14.0. The van der Waals surface area contributed by atoms with Crippen molar-refractivity contribution in [2.24, 2.45) is 22.9 Å². The molecule has 8 aliphatic heterocycles. The van der Waals surface area contributed by atoms with Crippen LogP contribution in [0, 0.1) is 49.3 Å². The fourth-order valence-electron chi connectivity index (χ4n) is 21.9. The lowest BCUT2D eigenvalue weighted by Crippen LogP contribution is -2.45. The van der Waals surface area contributed by atoms with Gasteiger partial charge in [0.2, 0.25) is 0 Å². The van der Waals surface area contributed by atoms with Crippen LogP contribution in [0.4, 0.5) is 0 Å². The number of fused-ring (bicyclic) bond motifs is 8. The van der Waals surface area contributed by atoms with Crippen molar-refractivity contribution in [2.45, 2.75) is 183 Å². The van der Waals surface area contributed by atoms with Gasteiger partial charge in [0, 0.05) is 146 Å². The number of nitrogens with one attached hydrogen (secondary N) is 4. The van der Waals surface area contributed by atoms with Gasteiger partial charge in [-0.2, -0.15) is 0 Å². The predicted octanol–water partition coefficient (Wildman–Crippen LogP) is 15.5. The molecule has 768 valence electrons. The van der Waals surface area contributed by atoms with Gasteiger partial charge in [0.15, 0.2) is 75.1 Å². The Kier molecular flexibility index (Phi) is 31.8.